The summed E-state index contributed by atoms with van der Waals surface area (Å²) in [6, 6.07) is 0. The molecule has 12 heavy (non-hydrogen) atoms. The molecule has 0 saturated carbocycles. The van der Waals surface area contributed by atoms with E-state index in [4.69, 9.17) is 0 Å². The molecule has 2 aliphatic rings. The van der Waals surface area contributed by atoms with E-state index in [0.717, 1.165) is 12.8 Å². The molecular weight excluding hydrogens is 311 g/mol. The average molecular weight is 321 g/mol. The third-order valence-corrected chi connectivity index (χ3v) is 4.49. The second kappa shape index (κ2) is 3.61. The maximum absolute atomic E-state index is 2.25. The molecule has 0 radical (unpaired) electrons. The number of hydrogen-bond donors (Lipinski definition) is 0. The molecule has 1 heteroatoms. The van der Waals surface area contributed by atoms with Crippen molar-refractivity contribution >= 4 is 3.26 Å². The van der Waals surface area contributed by atoms with E-state index in [1.165, 1.54) is 35.0 Å². The zero-order valence-corrected chi connectivity index (χ0v) is 10.5. The maximum atomic E-state index is 2.25. The Kier molecular flexibility index (Phi) is 2.50. The van der Waals surface area contributed by atoms with Gasteiger partial charge in [0.05, 0.1) is 0 Å². The zero-order chi connectivity index (χ0) is 8.39. The molecule has 0 spiro atoms. The van der Waals surface area contributed by atoms with Crippen molar-refractivity contribution in [3.63, 3.8) is 0 Å². The van der Waals surface area contributed by atoms with Crippen LogP contribution in [0.3, 0.4) is 0 Å². The van der Waals surface area contributed by atoms with Gasteiger partial charge < -0.3 is 0 Å². The monoisotopic (exact) mass is 322 g/mol. The van der Waals surface area contributed by atoms with Crippen molar-refractivity contribution in [3.8, 4) is 0 Å². The van der Waals surface area contributed by atoms with Crippen molar-refractivity contribution in [2.24, 2.45) is 0 Å². The van der Waals surface area contributed by atoms with Crippen molar-refractivity contribution in [2.75, 3.05) is 0 Å². The van der Waals surface area contributed by atoms with E-state index >= 15 is 0 Å². The summed E-state index contributed by atoms with van der Waals surface area (Å²) in [6.45, 7) is 0. The van der Waals surface area contributed by atoms with Gasteiger partial charge in [-0.05, 0) is 0 Å². The molecular formula is C11H10Hf. The molecule has 0 N–H and O–H groups in total. The number of allylic oxidation sites excluding steroid dienone is 8. The van der Waals surface area contributed by atoms with Gasteiger partial charge in [-0.15, -0.1) is 0 Å². The van der Waals surface area contributed by atoms with Gasteiger partial charge in [-0.3, -0.25) is 0 Å². The van der Waals surface area contributed by atoms with Crippen molar-refractivity contribution in [1.29, 1.82) is 0 Å². The molecule has 0 bridgehead atoms. The molecule has 0 saturated heterocycles. The summed E-state index contributed by atoms with van der Waals surface area (Å²) < 4.78 is 1.60. The summed E-state index contributed by atoms with van der Waals surface area (Å²) in [4.78, 5) is 0. The minimum absolute atomic E-state index is 1.15. The van der Waals surface area contributed by atoms with Gasteiger partial charge in [0.15, 0.2) is 0 Å². The Hall–Kier alpha value is -0.300. The minimum atomic E-state index is 1.15. The van der Waals surface area contributed by atoms with Gasteiger partial charge in [0.2, 0.25) is 0 Å². The van der Waals surface area contributed by atoms with Crippen molar-refractivity contribution < 1.29 is 23.9 Å². The van der Waals surface area contributed by atoms with Gasteiger partial charge >= 0.3 is 87.6 Å². The van der Waals surface area contributed by atoms with Crippen LogP contribution in [0.2, 0.25) is 0 Å². The van der Waals surface area contributed by atoms with Crippen LogP contribution < -0.4 is 0 Å². The Bertz CT molecular complexity index is 295. The van der Waals surface area contributed by atoms with Gasteiger partial charge in [-0.25, -0.2) is 0 Å². The topological polar surface area (TPSA) is 0 Å². The fraction of sp³-hybridized carbons (Fsp3) is 0.182. The van der Waals surface area contributed by atoms with E-state index in [2.05, 4.69) is 36.5 Å². The van der Waals surface area contributed by atoms with Crippen LogP contribution in [0.1, 0.15) is 12.8 Å². The third kappa shape index (κ3) is 1.56. The quantitative estimate of drug-likeness (QED) is 0.686. The van der Waals surface area contributed by atoms with Crippen LogP contribution in [0.4, 0.5) is 0 Å². The van der Waals surface area contributed by atoms with Crippen LogP contribution in [-0.2, 0) is 23.9 Å². The molecule has 0 aromatic carbocycles. The van der Waals surface area contributed by atoms with Crippen molar-refractivity contribution in [1.82, 2.24) is 0 Å². The molecule has 0 aromatic heterocycles. The summed E-state index contributed by atoms with van der Waals surface area (Å²) in [7, 11) is 0. The van der Waals surface area contributed by atoms with Gasteiger partial charge in [0.25, 0.3) is 0 Å². The molecule has 0 aromatic rings. The molecule has 0 atom stereocenters. The molecule has 0 nitrogen and oxygen atoms in total. The molecule has 0 fully saturated rings. The number of rotatable bonds is 2. The first-order chi connectivity index (χ1) is 5.88. The van der Waals surface area contributed by atoms with Crippen LogP contribution in [0.25, 0.3) is 0 Å². The third-order valence-electron chi connectivity index (χ3n) is 2.18. The van der Waals surface area contributed by atoms with Crippen LogP contribution in [0, 0.1) is 0 Å². The summed E-state index contributed by atoms with van der Waals surface area (Å²) in [6.07, 6.45) is 15.6. The molecule has 2 rings (SSSR count). The summed E-state index contributed by atoms with van der Waals surface area (Å²) in [5.74, 6) is 0. The van der Waals surface area contributed by atoms with E-state index in [9.17, 15) is 0 Å². The molecule has 58 valence electrons. The van der Waals surface area contributed by atoms with E-state index < -0.39 is 0 Å². The molecule has 0 amide bonds. The first-order valence-corrected chi connectivity index (χ1v) is 5.98. The normalized spacial score (nSPS) is 19.6. The van der Waals surface area contributed by atoms with Crippen LogP contribution >= 0.6 is 0 Å². The fourth-order valence-corrected chi connectivity index (χ4v) is 2.80. The molecule has 0 unspecified atom stereocenters. The predicted octanol–water partition coefficient (Wildman–Crippen LogP) is 2.48. The Balaban J connectivity index is 2.11. The molecule has 0 heterocycles. The van der Waals surface area contributed by atoms with E-state index in [0.29, 0.717) is 0 Å². The molecule has 0 aliphatic heterocycles. The van der Waals surface area contributed by atoms with Crippen LogP contribution in [-0.4, -0.2) is 3.26 Å². The fourth-order valence-electron chi connectivity index (χ4n) is 1.47. The van der Waals surface area contributed by atoms with Gasteiger partial charge in [0.1, 0.15) is 0 Å². The van der Waals surface area contributed by atoms with Gasteiger partial charge in [0, 0.05) is 0 Å². The standard InChI is InChI=1S/C11H10.Hf/c1-2-6-10(5-1)9-11-7-3-4-8-11;/h1-5,7H,6,8H2;. The second-order valence-corrected chi connectivity index (χ2v) is 4.82. The van der Waals surface area contributed by atoms with Crippen molar-refractivity contribution in [2.45, 2.75) is 12.8 Å². The Morgan fingerprint density at radius 2 is 1.50 bits per heavy atom. The average Bonchev–Trinajstić information content (AvgIpc) is 2.77. The second-order valence-electron chi connectivity index (χ2n) is 3.02. The Morgan fingerprint density at radius 3 is 1.83 bits per heavy atom. The van der Waals surface area contributed by atoms with E-state index in [1.54, 1.807) is 3.26 Å². The first-order valence-electron chi connectivity index (χ1n) is 4.18. The Labute approximate surface area is 87.4 Å². The van der Waals surface area contributed by atoms with Gasteiger partial charge in [-0.2, -0.15) is 0 Å². The van der Waals surface area contributed by atoms with Crippen LogP contribution in [0.15, 0.2) is 47.6 Å². The summed E-state index contributed by atoms with van der Waals surface area (Å²) in [5, 5.41) is 0. The summed E-state index contributed by atoms with van der Waals surface area (Å²) in [5.41, 5.74) is 3.08. The van der Waals surface area contributed by atoms with E-state index in [1.807, 2.05) is 0 Å². The predicted molar refractivity (Wildman–Crippen MR) is 48.7 cm³/mol. The van der Waals surface area contributed by atoms with Gasteiger partial charge in [-0.1, -0.05) is 0 Å². The SMILES string of the molecule is [Hf]=[C](C1=CC=CC1)C1=CC=CC1. The van der Waals surface area contributed by atoms with Crippen molar-refractivity contribution in [3.05, 3.63) is 47.6 Å². The first kappa shape index (κ1) is 8.31. The number of hydrogen-bond acceptors (Lipinski definition) is 0. The summed E-state index contributed by atoms with van der Waals surface area (Å²) >= 11 is 1.17. The zero-order valence-electron chi connectivity index (χ0n) is 6.88. The van der Waals surface area contributed by atoms with Crippen LogP contribution in [0.5, 0.6) is 0 Å². The molecule has 2 aliphatic carbocycles. The van der Waals surface area contributed by atoms with E-state index in [-0.39, 0.29) is 0 Å². The Morgan fingerprint density at radius 1 is 1.00 bits per heavy atom.